The molecule has 0 aromatic heterocycles. The Morgan fingerprint density at radius 1 is 0.680 bits per heavy atom. The Hall–Kier alpha value is 0.423. The van der Waals surface area contributed by atoms with Gasteiger partial charge >= 0.3 is 166 Å². The third-order valence-corrected chi connectivity index (χ3v) is 25.3. The van der Waals surface area contributed by atoms with Gasteiger partial charge in [-0.25, -0.2) is 0 Å². The van der Waals surface area contributed by atoms with Gasteiger partial charge in [-0.1, -0.05) is 0 Å². The van der Waals surface area contributed by atoms with Crippen LogP contribution in [0.3, 0.4) is 0 Å². The van der Waals surface area contributed by atoms with Crippen molar-refractivity contribution in [2.24, 2.45) is 0 Å². The standard InChI is InChI=1S/2C11H15.2ClH.Zr/c2*1-9-7-8-10-5-3-2-4-6-11(9)10;;;/h2*7-8H,2-6H2,1H3;2*1H;/q;;;;+2/p-2. The number of hydrogen-bond acceptors (Lipinski definition) is 0. The molecule has 4 aliphatic carbocycles. The second-order valence-electron chi connectivity index (χ2n) is 8.77. The average Bonchev–Trinajstić information content (AvgIpc) is 2.89. The van der Waals surface area contributed by atoms with Crippen LogP contribution in [0.5, 0.6) is 0 Å². The van der Waals surface area contributed by atoms with Crippen LogP contribution in [-0.2, 0) is 17.9 Å². The summed E-state index contributed by atoms with van der Waals surface area (Å²) in [6.45, 7) is 4.75. The monoisotopic (exact) mass is 454 g/mol. The van der Waals surface area contributed by atoms with Crippen LogP contribution in [0, 0.1) is 0 Å². The Morgan fingerprint density at radius 3 is 1.52 bits per heavy atom. The zero-order chi connectivity index (χ0) is 17.7. The number of allylic oxidation sites excluding steroid dienone is 8. The molecule has 0 aromatic carbocycles. The maximum atomic E-state index is 7.58. The summed E-state index contributed by atoms with van der Waals surface area (Å²) in [7, 11) is 15.2. The van der Waals surface area contributed by atoms with E-state index in [1.807, 2.05) is 0 Å². The number of rotatable bonds is 2. The van der Waals surface area contributed by atoms with Crippen LogP contribution in [-0.4, -0.2) is 0 Å². The van der Waals surface area contributed by atoms with E-state index >= 15 is 0 Å². The van der Waals surface area contributed by atoms with Crippen molar-refractivity contribution < 1.29 is 17.9 Å². The third kappa shape index (κ3) is 2.78. The normalized spacial score (nSPS) is 35.7. The summed E-state index contributed by atoms with van der Waals surface area (Å²) < 4.78 is -0.128. The van der Waals surface area contributed by atoms with E-state index in [2.05, 4.69) is 38.2 Å². The van der Waals surface area contributed by atoms with Crippen LogP contribution in [0.2, 0.25) is 6.25 Å². The van der Waals surface area contributed by atoms with Crippen molar-refractivity contribution in [3.8, 4) is 0 Å². The van der Waals surface area contributed by atoms with Crippen LogP contribution in [0.25, 0.3) is 0 Å². The van der Waals surface area contributed by atoms with Gasteiger partial charge in [-0.05, 0) is 0 Å². The molecule has 0 amide bonds. The predicted octanol–water partition coefficient (Wildman–Crippen LogP) is 8.47. The second-order valence-corrected chi connectivity index (χ2v) is 24.6. The van der Waals surface area contributed by atoms with Crippen molar-refractivity contribution in [2.75, 3.05) is 0 Å². The summed E-state index contributed by atoms with van der Waals surface area (Å²) in [5, 5.41) is 0. The Morgan fingerprint density at radius 2 is 1.08 bits per heavy atom. The zero-order valence-corrected chi connectivity index (χ0v) is 19.6. The third-order valence-electron chi connectivity index (χ3n) is 7.32. The van der Waals surface area contributed by atoms with Gasteiger partial charge in [-0.3, -0.25) is 0 Å². The first kappa shape index (κ1) is 18.8. The Kier molecular flexibility index (Phi) is 5.10. The first-order valence-corrected chi connectivity index (χ1v) is 18.9. The molecule has 0 spiro atoms. The van der Waals surface area contributed by atoms with Crippen molar-refractivity contribution in [1.29, 1.82) is 0 Å². The molecule has 0 bridgehead atoms. The molecule has 2 atom stereocenters. The molecule has 25 heavy (non-hydrogen) atoms. The van der Waals surface area contributed by atoms with Gasteiger partial charge in [0.05, 0.1) is 0 Å². The van der Waals surface area contributed by atoms with E-state index in [1.54, 1.807) is 22.3 Å². The van der Waals surface area contributed by atoms with Crippen molar-refractivity contribution in [3.05, 3.63) is 46.6 Å². The molecule has 136 valence electrons. The molecule has 0 fully saturated rings. The first-order chi connectivity index (χ1) is 11.9. The maximum absolute atomic E-state index is 7.58. The molecular weight excluding hydrogens is 426 g/mol. The Labute approximate surface area is 164 Å². The van der Waals surface area contributed by atoms with Gasteiger partial charge in [0.2, 0.25) is 0 Å². The number of hydrogen-bond donors (Lipinski definition) is 0. The van der Waals surface area contributed by atoms with Crippen molar-refractivity contribution in [2.45, 2.75) is 84.3 Å². The van der Waals surface area contributed by atoms with E-state index in [0.717, 1.165) is 0 Å². The molecule has 0 heterocycles. The number of halogens is 2. The summed E-state index contributed by atoms with van der Waals surface area (Å²) in [6, 6.07) is 0. The summed E-state index contributed by atoms with van der Waals surface area (Å²) in [4.78, 5) is 0. The summed E-state index contributed by atoms with van der Waals surface area (Å²) in [5.74, 6) is 0. The predicted molar refractivity (Wildman–Crippen MR) is 107 cm³/mol. The molecule has 0 saturated carbocycles. The zero-order valence-electron chi connectivity index (χ0n) is 15.6. The summed E-state index contributed by atoms with van der Waals surface area (Å²) in [6.07, 6.45) is 22.3. The van der Waals surface area contributed by atoms with E-state index in [9.17, 15) is 0 Å². The minimum atomic E-state index is -3.63. The fourth-order valence-corrected chi connectivity index (χ4v) is 17.2. The molecule has 4 aliphatic rings. The molecule has 2 unspecified atom stereocenters. The molecule has 0 aromatic rings. The molecule has 0 aliphatic heterocycles. The Bertz CT molecular complexity index is 639. The van der Waals surface area contributed by atoms with Crippen molar-refractivity contribution in [3.63, 3.8) is 0 Å². The van der Waals surface area contributed by atoms with Crippen molar-refractivity contribution in [1.82, 2.24) is 0 Å². The molecule has 0 radical (unpaired) electrons. The van der Waals surface area contributed by atoms with E-state index in [4.69, 9.17) is 17.0 Å². The van der Waals surface area contributed by atoms with Gasteiger partial charge < -0.3 is 0 Å². The van der Waals surface area contributed by atoms with Gasteiger partial charge in [-0.2, -0.15) is 0 Å². The van der Waals surface area contributed by atoms with Gasteiger partial charge in [0.25, 0.3) is 0 Å². The van der Waals surface area contributed by atoms with Gasteiger partial charge in [-0.15, -0.1) is 0 Å². The first-order valence-electron chi connectivity index (χ1n) is 10.1. The van der Waals surface area contributed by atoms with Crippen LogP contribution in [0.4, 0.5) is 0 Å². The van der Waals surface area contributed by atoms with E-state index in [0.29, 0.717) is 0 Å². The average molecular weight is 457 g/mol. The van der Waals surface area contributed by atoms with Crippen molar-refractivity contribution >= 4 is 17.0 Å². The molecule has 4 rings (SSSR count). The fraction of sp³-hybridized carbons (Fsp3) is 0.636. The van der Waals surface area contributed by atoms with Gasteiger partial charge in [0, 0.05) is 0 Å². The van der Waals surface area contributed by atoms with Crippen LogP contribution >= 0.6 is 17.0 Å². The Balaban J connectivity index is 1.77. The van der Waals surface area contributed by atoms with Gasteiger partial charge in [0.1, 0.15) is 0 Å². The fourth-order valence-electron chi connectivity index (χ4n) is 5.63. The topological polar surface area (TPSA) is 0 Å². The van der Waals surface area contributed by atoms with E-state index in [-0.39, 0.29) is 6.25 Å². The molecule has 0 nitrogen and oxygen atoms in total. The SMILES string of the molecule is C[C]1([Zr]([Cl])([Cl])[C]2(C)C=CC3=C2CCCCC3)C=CC2=C1CCCCC2. The molecule has 0 N–H and O–H groups in total. The summed E-state index contributed by atoms with van der Waals surface area (Å²) in [5.41, 5.74) is 6.32. The molecule has 0 saturated heterocycles. The minimum absolute atomic E-state index is 0.0642. The summed E-state index contributed by atoms with van der Waals surface area (Å²) >= 11 is -3.63. The quantitative estimate of drug-likeness (QED) is 0.391. The van der Waals surface area contributed by atoms with Crippen LogP contribution < -0.4 is 0 Å². The second kappa shape index (κ2) is 6.79. The van der Waals surface area contributed by atoms with Gasteiger partial charge in [0.15, 0.2) is 0 Å². The van der Waals surface area contributed by atoms with Crippen LogP contribution in [0.15, 0.2) is 46.6 Å². The molecular formula is C22H30Cl2Zr. The van der Waals surface area contributed by atoms with Crippen LogP contribution in [0.1, 0.15) is 78.1 Å². The van der Waals surface area contributed by atoms with E-state index in [1.165, 1.54) is 64.2 Å². The van der Waals surface area contributed by atoms with E-state index < -0.39 is 17.9 Å². The molecule has 3 heteroatoms.